The van der Waals surface area contributed by atoms with Crippen molar-refractivity contribution in [3.05, 3.63) is 34.9 Å². The number of halogens is 1. The minimum absolute atomic E-state index is 0.211. The molecule has 1 aromatic carbocycles. The van der Waals surface area contributed by atoms with Gasteiger partial charge in [-0.25, -0.2) is 0 Å². The van der Waals surface area contributed by atoms with Crippen LogP contribution in [0, 0.1) is 11.3 Å². The molecule has 0 fully saturated rings. The van der Waals surface area contributed by atoms with Gasteiger partial charge in [0.15, 0.2) is 0 Å². The summed E-state index contributed by atoms with van der Waals surface area (Å²) in [4.78, 5) is 24.4. The summed E-state index contributed by atoms with van der Waals surface area (Å²) in [7, 11) is 0. The van der Waals surface area contributed by atoms with Crippen LogP contribution in [0.25, 0.3) is 0 Å². The maximum absolute atomic E-state index is 12.2. The molecule has 0 aromatic heterocycles. The van der Waals surface area contributed by atoms with Gasteiger partial charge in [-0.1, -0.05) is 50.4 Å². The highest BCUT2D eigenvalue weighted by molar-refractivity contribution is 6.30. The number of rotatable bonds is 11. The second-order valence-electron chi connectivity index (χ2n) is 6.20. The van der Waals surface area contributed by atoms with Crippen molar-refractivity contribution in [3.63, 3.8) is 0 Å². The van der Waals surface area contributed by atoms with E-state index >= 15 is 0 Å². The van der Waals surface area contributed by atoms with Crippen molar-refractivity contribution in [2.24, 2.45) is 0 Å². The van der Waals surface area contributed by atoms with Gasteiger partial charge >= 0.3 is 11.9 Å². The standard InChI is InChI=1S/C20H26ClNO4/c1-3-5-11-25-18(23)13-20(15-22,14-19(24)26-12-6-4-2)16-7-9-17(21)10-8-16/h7-10H,3-6,11-14H2,1-2H3. The molecule has 1 aromatic rings. The first-order chi connectivity index (χ1) is 12.5. The zero-order valence-electron chi connectivity index (χ0n) is 15.4. The van der Waals surface area contributed by atoms with E-state index in [1.165, 1.54) is 0 Å². The number of unbranched alkanes of at least 4 members (excludes halogenated alkanes) is 2. The van der Waals surface area contributed by atoms with E-state index in [0.717, 1.165) is 25.7 Å². The molecular formula is C20H26ClNO4. The van der Waals surface area contributed by atoms with Crippen LogP contribution in [0.4, 0.5) is 0 Å². The molecule has 0 radical (unpaired) electrons. The van der Waals surface area contributed by atoms with Gasteiger partial charge in [-0.15, -0.1) is 0 Å². The van der Waals surface area contributed by atoms with Gasteiger partial charge in [-0.3, -0.25) is 9.59 Å². The summed E-state index contributed by atoms with van der Waals surface area (Å²) in [6, 6.07) is 8.73. The van der Waals surface area contributed by atoms with Crippen LogP contribution >= 0.6 is 11.6 Å². The summed E-state index contributed by atoms with van der Waals surface area (Å²) in [5.74, 6) is -1.01. The highest BCUT2D eigenvalue weighted by Gasteiger charge is 2.39. The van der Waals surface area contributed by atoms with Crippen LogP contribution in [0.1, 0.15) is 57.9 Å². The van der Waals surface area contributed by atoms with Crippen molar-refractivity contribution < 1.29 is 19.1 Å². The number of benzene rings is 1. The van der Waals surface area contributed by atoms with Gasteiger partial charge in [0, 0.05) is 5.02 Å². The molecular weight excluding hydrogens is 354 g/mol. The first kappa shape index (κ1) is 22.0. The normalized spacial score (nSPS) is 10.8. The Morgan fingerprint density at radius 2 is 1.46 bits per heavy atom. The van der Waals surface area contributed by atoms with Gasteiger partial charge in [0.2, 0.25) is 0 Å². The number of esters is 2. The van der Waals surface area contributed by atoms with Crippen LogP contribution in [-0.2, 0) is 24.5 Å². The summed E-state index contributed by atoms with van der Waals surface area (Å²) in [5, 5.41) is 10.4. The predicted octanol–water partition coefficient (Wildman–Crippen LogP) is 4.57. The van der Waals surface area contributed by atoms with Crippen molar-refractivity contribution in [3.8, 4) is 6.07 Å². The molecule has 0 atom stereocenters. The van der Waals surface area contributed by atoms with Gasteiger partial charge in [-0.2, -0.15) is 5.26 Å². The van der Waals surface area contributed by atoms with E-state index in [4.69, 9.17) is 21.1 Å². The third kappa shape index (κ3) is 7.05. The van der Waals surface area contributed by atoms with E-state index in [-0.39, 0.29) is 12.8 Å². The first-order valence-corrected chi connectivity index (χ1v) is 9.33. The smallest absolute Gasteiger partial charge is 0.307 e. The fourth-order valence-electron chi connectivity index (χ4n) is 2.43. The molecule has 0 spiro atoms. The number of ether oxygens (including phenoxy) is 2. The molecule has 0 unspecified atom stereocenters. The van der Waals surface area contributed by atoms with Crippen LogP contribution in [-0.4, -0.2) is 25.2 Å². The Morgan fingerprint density at radius 3 is 1.85 bits per heavy atom. The third-order valence-corrected chi connectivity index (χ3v) is 4.28. The Labute approximate surface area is 160 Å². The lowest BCUT2D eigenvalue weighted by molar-refractivity contribution is -0.147. The number of hydrogen-bond acceptors (Lipinski definition) is 5. The average Bonchev–Trinajstić information content (AvgIpc) is 2.62. The lowest BCUT2D eigenvalue weighted by Crippen LogP contribution is -2.32. The second kappa shape index (κ2) is 11.5. The summed E-state index contributed by atoms with van der Waals surface area (Å²) in [6.45, 7) is 4.59. The van der Waals surface area contributed by atoms with E-state index < -0.39 is 17.4 Å². The minimum Gasteiger partial charge on any atom is -0.466 e. The summed E-state index contributed by atoms with van der Waals surface area (Å²) < 4.78 is 10.4. The lowest BCUT2D eigenvalue weighted by Gasteiger charge is -2.25. The van der Waals surface area contributed by atoms with E-state index in [1.807, 2.05) is 13.8 Å². The number of hydrogen-bond donors (Lipinski definition) is 0. The maximum atomic E-state index is 12.2. The van der Waals surface area contributed by atoms with Crippen molar-refractivity contribution >= 4 is 23.5 Å². The van der Waals surface area contributed by atoms with Crippen molar-refractivity contribution in [1.29, 1.82) is 5.26 Å². The molecule has 0 heterocycles. The highest BCUT2D eigenvalue weighted by Crippen LogP contribution is 2.33. The van der Waals surface area contributed by atoms with Crippen LogP contribution in [0.3, 0.4) is 0 Å². The molecule has 142 valence electrons. The molecule has 0 aliphatic carbocycles. The fourth-order valence-corrected chi connectivity index (χ4v) is 2.56. The molecule has 6 heteroatoms. The molecule has 0 amide bonds. The minimum atomic E-state index is -1.34. The Hall–Kier alpha value is -2.06. The van der Waals surface area contributed by atoms with Crippen LogP contribution in [0.15, 0.2) is 24.3 Å². The molecule has 0 saturated heterocycles. The SMILES string of the molecule is CCCCOC(=O)CC(C#N)(CC(=O)OCCCC)c1ccc(Cl)cc1. The molecule has 26 heavy (non-hydrogen) atoms. The number of nitrogens with zero attached hydrogens (tertiary/aromatic N) is 1. The Morgan fingerprint density at radius 1 is 1.00 bits per heavy atom. The molecule has 0 bridgehead atoms. The largest absolute Gasteiger partial charge is 0.466 e. The predicted molar refractivity (Wildman–Crippen MR) is 99.7 cm³/mol. The third-order valence-electron chi connectivity index (χ3n) is 4.02. The van der Waals surface area contributed by atoms with Gasteiger partial charge < -0.3 is 9.47 Å². The van der Waals surface area contributed by atoms with Crippen molar-refractivity contribution in [2.45, 2.75) is 57.8 Å². The zero-order valence-corrected chi connectivity index (χ0v) is 16.2. The van der Waals surface area contributed by atoms with Gasteiger partial charge in [-0.05, 0) is 30.5 Å². The van der Waals surface area contributed by atoms with E-state index in [0.29, 0.717) is 23.8 Å². The second-order valence-corrected chi connectivity index (χ2v) is 6.64. The molecule has 5 nitrogen and oxygen atoms in total. The highest BCUT2D eigenvalue weighted by atomic mass is 35.5. The molecule has 0 aliphatic heterocycles. The molecule has 0 N–H and O–H groups in total. The van der Waals surface area contributed by atoms with E-state index in [9.17, 15) is 14.9 Å². The monoisotopic (exact) mass is 379 g/mol. The Kier molecular flexibility index (Phi) is 9.75. The zero-order chi connectivity index (χ0) is 19.4. The summed E-state index contributed by atoms with van der Waals surface area (Å²) in [6.07, 6.45) is 2.89. The Bertz CT molecular complexity index is 598. The topological polar surface area (TPSA) is 76.4 Å². The lowest BCUT2D eigenvalue weighted by atomic mass is 9.76. The first-order valence-electron chi connectivity index (χ1n) is 8.96. The Balaban J connectivity index is 2.98. The van der Waals surface area contributed by atoms with E-state index in [2.05, 4.69) is 6.07 Å². The van der Waals surface area contributed by atoms with E-state index in [1.54, 1.807) is 24.3 Å². The number of nitriles is 1. The van der Waals surface area contributed by atoms with Crippen molar-refractivity contribution in [1.82, 2.24) is 0 Å². The average molecular weight is 380 g/mol. The van der Waals surface area contributed by atoms with Gasteiger partial charge in [0.25, 0.3) is 0 Å². The van der Waals surface area contributed by atoms with Crippen LogP contribution < -0.4 is 0 Å². The van der Waals surface area contributed by atoms with Gasteiger partial charge in [0.1, 0.15) is 5.41 Å². The fraction of sp³-hybridized carbons (Fsp3) is 0.550. The van der Waals surface area contributed by atoms with Gasteiger partial charge in [0.05, 0.1) is 32.1 Å². The quantitative estimate of drug-likeness (QED) is 0.416. The summed E-state index contributed by atoms with van der Waals surface area (Å²) in [5.41, 5.74) is -0.790. The van der Waals surface area contributed by atoms with Crippen LogP contribution in [0.5, 0.6) is 0 Å². The number of carbonyl (C=O) groups is 2. The summed E-state index contributed by atoms with van der Waals surface area (Å²) >= 11 is 5.92. The molecule has 1 rings (SSSR count). The maximum Gasteiger partial charge on any atom is 0.307 e. The molecule has 0 saturated carbocycles. The van der Waals surface area contributed by atoms with Crippen molar-refractivity contribution in [2.75, 3.05) is 13.2 Å². The number of carbonyl (C=O) groups excluding carboxylic acids is 2. The van der Waals surface area contributed by atoms with Crippen LogP contribution in [0.2, 0.25) is 5.02 Å². The molecule has 0 aliphatic rings.